The number of nitrogens with two attached hydrogens (primary N) is 1. The van der Waals surface area contributed by atoms with Gasteiger partial charge in [-0.05, 0) is 52.2 Å². The van der Waals surface area contributed by atoms with Gasteiger partial charge in [0.25, 0.3) is 0 Å². The summed E-state index contributed by atoms with van der Waals surface area (Å²) in [4.78, 5) is 16.3. The average molecular weight is 255 g/mol. The summed E-state index contributed by atoms with van der Waals surface area (Å²) in [5.41, 5.74) is 6.07. The van der Waals surface area contributed by atoms with Crippen molar-refractivity contribution in [1.29, 1.82) is 0 Å². The van der Waals surface area contributed by atoms with Gasteiger partial charge in [-0.15, -0.1) is 0 Å². The molecule has 0 radical (unpaired) electrons. The first-order valence-corrected chi connectivity index (χ1v) is 7.07. The van der Waals surface area contributed by atoms with Gasteiger partial charge < -0.3 is 15.5 Å². The van der Waals surface area contributed by atoms with Gasteiger partial charge in [-0.25, -0.2) is 0 Å². The van der Waals surface area contributed by atoms with Crippen molar-refractivity contribution < 1.29 is 4.79 Å². The topological polar surface area (TPSA) is 49.6 Å². The van der Waals surface area contributed by atoms with Gasteiger partial charge in [0.05, 0.1) is 0 Å². The van der Waals surface area contributed by atoms with Crippen LogP contribution in [0.25, 0.3) is 0 Å². The van der Waals surface area contributed by atoms with Crippen molar-refractivity contribution in [2.24, 2.45) is 17.6 Å². The molecule has 0 aliphatic heterocycles. The lowest BCUT2D eigenvalue weighted by Crippen LogP contribution is -2.42. The molecule has 1 rings (SSSR count). The minimum Gasteiger partial charge on any atom is -0.345 e. The molecule has 2 N–H and O–H groups in total. The molecule has 0 spiro atoms. The Balaban J connectivity index is 2.34. The average Bonchev–Trinajstić information content (AvgIpc) is 2.31. The predicted molar refractivity (Wildman–Crippen MR) is 75.3 cm³/mol. The van der Waals surface area contributed by atoms with Crippen LogP contribution in [0.15, 0.2) is 0 Å². The maximum absolute atomic E-state index is 12.3. The van der Waals surface area contributed by atoms with Crippen LogP contribution < -0.4 is 5.73 Å². The molecule has 1 fully saturated rings. The van der Waals surface area contributed by atoms with Crippen LogP contribution in [0.1, 0.15) is 32.6 Å². The Morgan fingerprint density at radius 3 is 2.44 bits per heavy atom. The molecule has 4 heteroatoms. The lowest BCUT2D eigenvalue weighted by atomic mass is 9.79. The Hall–Kier alpha value is -0.610. The third kappa shape index (κ3) is 4.58. The molecular formula is C14H29N3O. The number of hydrogen-bond donors (Lipinski definition) is 1. The third-order valence-corrected chi connectivity index (χ3v) is 4.08. The second-order valence-corrected chi connectivity index (χ2v) is 6.07. The van der Waals surface area contributed by atoms with Crippen molar-refractivity contribution in [1.82, 2.24) is 9.80 Å². The minimum absolute atomic E-state index is 0.153. The van der Waals surface area contributed by atoms with Gasteiger partial charge in [-0.2, -0.15) is 0 Å². The molecule has 0 bridgehead atoms. The first-order chi connectivity index (χ1) is 8.41. The van der Waals surface area contributed by atoms with Gasteiger partial charge in [0.15, 0.2) is 0 Å². The van der Waals surface area contributed by atoms with E-state index in [1.54, 1.807) is 0 Å². The van der Waals surface area contributed by atoms with Crippen LogP contribution in [-0.2, 0) is 4.79 Å². The molecule has 18 heavy (non-hydrogen) atoms. The Morgan fingerprint density at radius 2 is 1.89 bits per heavy atom. The highest BCUT2D eigenvalue weighted by Gasteiger charge is 2.30. The number of carbonyl (C=O) groups excluding carboxylic acids is 1. The van der Waals surface area contributed by atoms with Gasteiger partial charge in [0, 0.05) is 25.6 Å². The summed E-state index contributed by atoms with van der Waals surface area (Å²) in [7, 11) is 6.04. The van der Waals surface area contributed by atoms with Crippen LogP contribution >= 0.6 is 0 Å². The molecule has 0 aromatic carbocycles. The molecule has 1 amide bonds. The zero-order chi connectivity index (χ0) is 13.7. The summed E-state index contributed by atoms with van der Waals surface area (Å²) in [6.45, 7) is 4.06. The number of carbonyl (C=O) groups is 1. The van der Waals surface area contributed by atoms with Gasteiger partial charge in [-0.1, -0.05) is 6.92 Å². The van der Waals surface area contributed by atoms with Crippen molar-refractivity contribution in [2.75, 3.05) is 34.2 Å². The van der Waals surface area contributed by atoms with Crippen molar-refractivity contribution in [3.05, 3.63) is 0 Å². The molecular weight excluding hydrogens is 226 g/mol. The lowest BCUT2D eigenvalue weighted by molar-refractivity contribution is -0.135. The van der Waals surface area contributed by atoms with Crippen LogP contribution in [0.4, 0.5) is 0 Å². The molecule has 3 atom stereocenters. The molecule has 0 aromatic heterocycles. The van der Waals surface area contributed by atoms with E-state index < -0.39 is 0 Å². The lowest BCUT2D eigenvalue weighted by Gasteiger charge is -2.33. The SMILES string of the molecule is CC1CCC(C(=O)N(C)CCCN(C)C)CC1N. The number of hydrogen-bond acceptors (Lipinski definition) is 3. The van der Waals surface area contributed by atoms with E-state index >= 15 is 0 Å². The summed E-state index contributed by atoms with van der Waals surface area (Å²) < 4.78 is 0. The fourth-order valence-corrected chi connectivity index (χ4v) is 2.63. The van der Waals surface area contributed by atoms with Crippen molar-refractivity contribution in [3.63, 3.8) is 0 Å². The standard InChI is InChI=1S/C14H29N3O/c1-11-6-7-12(10-13(11)15)14(18)17(4)9-5-8-16(2)3/h11-13H,5-10,15H2,1-4H3. The van der Waals surface area contributed by atoms with E-state index in [9.17, 15) is 4.79 Å². The van der Waals surface area contributed by atoms with Crippen molar-refractivity contribution in [3.8, 4) is 0 Å². The number of nitrogens with zero attached hydrogens (tertiary/aromatic N) is 2. The summed E-state index contributed by atoms with van der Waals surface area (Å²) in [5, 5.41) is 0. The molecule has 4 nitrogen and oxygen atoms in total. The number of amides is 1. The maximum Gasteiger partial charge on any atom is 0.225 e. The summed E-state index contributed by atoms with van der Waals surface area (Å²) in [5.74, 6) is 1.00. The molecule has 0 saturated heterocycles. The highest BCUT2D eigenvalue weighted by atomic mass is 16.2. The second kappa shape index (κ2) is 7.10. The third-order valence-electron chi connectivity index (χ3n) is 4.08. The van der Waals surface area contributed by atoms with Crippen LogP contribution in [-0.4, -0.2) is 56.0 Å². The smallest absolute Gasteiger partial charge is 0.225 e. The summed E-state index contributed by atoms with van der Waals surface area (Å²) in [6.07, 6.45) is 3.98. The van der Waals surface area contributed by atoms with Crippen molar-refractivity contribution in [2.45, 2.75) is 38.6 Å². The highest BCUT2D eigenvalue weighted by Crippen LogP contribution is 2.28. The van der Waals surface area contributed by atoms with E-state index in [4.69, 9.17) is 5.73 Å². The Kier molecular flexibility index (Phi) is 6.09. The quantitative estimate of drug-likeness (QED) is 0.802. The van der Waals surface area contributed by atoms with Gasteiger partial charge >= 0.3 is 0 Å². The molecule has 1 aliphatic carbocycles. The Labute approximate surface area is 111 Å². The van der Waals surface area contributed by atoms with E-state index in [0.717, 1.165) is 38.8 Å². The van der Waals surface area contributed by atoms with E-state index in [1.807, 2.05) is 11.9 Å². The van der Waals surface area contributed by atoms with Crippen molar-refractivity contribution >= 4 is 5.91 Å². The van der Waals surface area contributed by atoms with E-state index in [1.165, 1.54) is 0 Å². The molecule has 106 valence electrons. The van der Waals surface area contributed by atoms with Crippen LogP contribution in [0.3, 0.4) is 0 Å². The fraction of sp³-hybridized carbons (Fsp3) is 0.929. The second-order valence-electron chi connectivity index (χ2n) is 6.07. The largest absolute Gasteiger partial charge is 0.345 e. The normalized spacial score (nSPS) is 28.4. The van der Waals surface area contributed by atoms with Crippen LogP contribution in [0, 0.1) is 11.8 Å². The summed E-state index contributed by atoms with van der Waals surface area (Å²) >= 11 is 0. The zero-order valence-corrected chi connectivity index (χ0v) is 12.4. The molecule has 3 unspecified atom stereocenters. The molecule has 0 aromatic rings. The zero-order valence-electron chi connectivity index (χ0n) is 12.4. The van der Waals surface area contributed by atoms with Crippen LogP contribution in [0.2, 0.25) is 0 Å². The first-order valence-electron chi connectivity index (χ1n) is 7.07. The van der Waals surface area contributed by atoms with Gasteiger partial charge in [-0.3, -0.25) is 4.79 Å². The van der Waals surface area contributed by atoms with Crippen LogP contribution in [0.5, 0.6) is 0 Å². The summed E-state index contributed by atoms with van der Waals surface area (Å²) in [6, 6.07) is 0.197. The monoisotopic (exact) mass is 255 g/mol. The highest BCUT2D eigenvalue weighted by molar-refractivity contribution is 5.78. The number of rotatable bonds is 5. The molecule has 0 heterocycles. The van der Waals surface area contributed by atoms with E-state index in [-0.39, 0.29) is 17.9 Å². The Bertz CT molecular complexity index is 268. The fourth-order valence-electron chi connectivity index (χ4n) is 2.63. The molecule has 1 aliphatic rings. The first kappa shape index (κ1) is 15.4. The minimum atomic E-state index is 0.153. The van der Waals surface area contributed by atoms with E-state index in [0.29, 0.717) is 5.92 Å². The maximum atomic E-state index is 12.3. The Morgan fingerprint density at radius 1 is 1.22 bits per heavy atom. The predicted octanol–water partition coefficient (Wildman–Crippen LogP) is 1.16. The van der Waals surface area contributed by atoms with E-state index in [2.05, 4.69) is 25.9 Å². The van der Waals surface area contributed by atoms with Gasteiger partial charge in [0.2, 0.25) is 5.91 Å². The van der Waals surface area contributed by atoms with Gasteiger partial charge in [0.1, 0.15) is 0 Å². The molecule has 1 saturated carbocycles.